The van der Waals surface area contributed by atoms with Crippen molar-refractivity contribution in [1.29, 1.82) is 0 Å². The Bertz CT molecular complexity index is 1260. The number of rotatable bonds is 6. The van der Waals surface area contributed by atoms with Crippen molar-refractivity contribution in [2.45, 2.75) is 6.92 Å². The van der Waals surface area contributed by atoms with Crippen LogP contribution in [0.3, 0.4) is 0 Å². The van der Waals surface area contributed by atoms with Crippen LogP contribution in [0.4, 0.5) is 11.4 Å². The van der Waals surface area contributed by atoms with Crippen molar-refractivity contribution in [3.05, 3.63) is 93.9 Å². The molecule has 166 valence electrons. The third-order valence-corrected chi connectivity index (χ3v) is 6.39. The second-order valence-corrected chi connectivity index (χ2v) is 9.32. The minimum Gasteiger partial charge on any atom is -0.484 e. The average molecular weight is 495 g/mol. The van der Waals surface area contributed by atoms with E-state index in [0.29, 0.717) is 25.7 Å². The van der Waals surface area contributed by atoms with E-state index in [1.54, 1.807) is 48.5 Å². The van der Waals surface area contributed by atoms with Gasteiger partial charge >= 0.3 is 0 Å². The number of carbonyl (C=O) groups excluding carboxylic acids is 2. The van der Waals surface area contributed by atoms with Gasteiger partial charge in [0.1, 0.15) is 5.75 Å². The molecule has 5 nitrogen and oxygen atoms in total. The summed E-state index contributed by atoms with van der Waals surface area (Å²) in [5.74, 6) is 0.0128. The number of halogens is 1. The van der Waals surface area contributed by atoms with Crippen molar-refractivity contribution in [3.8, 4) is 5.75 Å². The van der Waals surface area contributed by atoms with Crippen LogP contribution >= 0.6 is 35.6 Å². The van der Waals surface area contributed by atoms with Crippen LogP contribution in [0, 0.1) is 6.92 Å². The Morgan fingerprint density at radius 1 is 1.12 bits per heavy atom. The van der Waals surface area contributed by atoms with Crippen molar-refractivity contribution in [3.63, 3.8) is 0 Å². The van der Waals surface area contributed by atoms with Gasteiger partial charge in [0.05, 0.1) is 21.3 Å². The van der Waals surface area contributed by atoms with Gasteiger partial charge in [0.2, 0.25) is 0 Å². The molecule has 1 aliphatic rings. The number of ether oxygens (including phenoxy) is 1. The number of amides is 2. The standard InChI is InChI=1S/C25H19ClN2O3S2/c1-16-9-11-18(12-10-16)28-24(30)22(33-25(28)32)14-17-5-4-6-19(13-17)31-15-23(29)27-21-8-3-2-7-20(21)26/h2-14H,15H2,1H3,(H,27,29)/b22-14-. The number of para-hydroxylation sites is 1. The first-order valence-electron chi connectivity index (χ1n) is 10.0. The quantitative estimate of drug-likeness (QED) is 0.333. The molecule has 0 saturated carbocycles. The first-order chi connectivity index (χ1) is 15.9. The number of hydrogen-bond donors (Lipinski definition) is 1. The number of carbonyl (C=O) groups is 2. The molecule has 0 radical (unpaired) electrons. The Hall–Kier alpha value is -3.13. The summed E-state index contributed by atoms with van der Waals surface area (Å²) in [6.07, 6.45) is 1.77. The van der Waals surface area contributed by atoms with E-state index in [1.165, 1.54) is 16.7 Å². The number of nitrogens with zero attached hydrogens (tertiary/aromatic N) is 1. The zero-order valence-corrected chi connectivity index (χ0v) is 20.0. The van der Waals surface area contributed by atoms with Crippen LogP contribution in [0.25, 0.3) is 6.08 Å². The topological polar surface area (TPSA) is 58.6 Å². The van der Waals surface area contributed by atoms with Gasteiger partial charge in [-0.25, -0.2) is 0 Å². The summed E-state index contributed by atoms with van der Waals surface area (Å²) in [4.78, 5) is 27.2. The fourth-order valence-corrected chi connectivity index (χ4v) is 4.61. The molecule has 1 N–H and O–H groups in total. The highest BCUT2D eigenvalue weighted by Gasteiger charge is 2.33. The lowest BCUT2D eigenvalue weighted by molar-refractivity contribution is -0.118. The minimum atomic E-state index is -0.326. The molecule has 0 spiro atoms. The Morgan fingerprint density at radius 3 is 2.64 bits per heavy atom. The lowest BCUT2D eigenvalue weighted by atomic mass is 10.2. The summed E-state index contributed by atoms with van der Waals surface area (Å²) in [6.45, 7) is 1.81. The summed E-state index contributed by atoms with van der Waals surface area (Å²) < 4.78 is 6.11. The SMILES string of the molecule is Cc1ccc(N2C(=O)/C(=C/c3cccc(OCC(=O)Nc4ccccc4Cl)c3)SC2=S)cc1. The summed E-state index contributed by atoms with van der Waals surface area (Å²) in [5.41, 5.74) is 3.14. The molecule has 3 aromatic rings. The fraction of sp³-hybridized carbons (Fsp3) is 0.0800. The van der Waals surface area contributed by atoms with Gasteiger partial charge < -0.3 is 10.1 Å². The van der Waals surface area contributed by atoms with E-state index < -0.39 is 0 Å². The normalized spacial score (nSPS) is 14.6. The lowest BCUT2D eigenvalue weighted by Crippen LogP contribution is -2.27. The Kier molecular flexibility index (Phi) is 7.13. The Balaban J connectivity index is 1.43. The first kappa shape index (κ1) is 23.0. The van der Waals surface area contributed by atoms with Crippen molar-refractivity contribution >= 4 is 69.2 Å². The van der Waals surface area contributed by atoms with Crippen LogP contribution < -0.4 is 15.0 Å². The molecule has 0 aliphatic carbocycles. The van der Waals surface area contributed by atoms with Gasteiger partial charge in [-0.2, -0.15) is 0 Å². The highest BCUT2D eigenvalue weighted by Crippen LogP contribution is 2.36. The molecule has 1 heterocycles. The average Bonchev–Trinajstić information content (AvgIpc) is 3.07. The molecular weight excluding hydrogens is 476 g/mol. The molecule has 0 unspecified atom stereocenters. The van der Waals surface area contributed by atoms with Crippen molar-refractivity contribution in [1.82, 2.24) is 0 Å². The maximum Gasteiger partial charge on any atom is 0.270 e. The van der Waals surface area contributed by atoms with Crippen LogP contribution in [0.2, 0.25) is 5.02 Å². The molecule has 1 aliphatic heterocycles. The van der Waals surface area contributed by atoms with Crippen molar-refractivity contribution < 1.29 is 14.3 Å². The molecule has 0 atom stereocenters. The summed E-state index contributed by atoms with van der Waals surface area (Å²) in [6, 6.07) is 21.8. The number of nitrogens with one attached hydrogen (secondary N) is 1. The molecule has 33 heavy (non-hydrogen) atoms. The molecule has 8 heteroatoms. The van der Waals surface area contributed by atoms with E-state index >= 15 is 0 Å². The number of aryl methyl sites for hydroxylation is 1. The predicted octanol–water partition coefficient (Wildman–Crippen LogP) is 6.07. The largest absolute Gasteiger partial charge is 0.484 e. The van der Waals surface area contributed by atoms with E-state index in [-0.39, 0.29) is 18.4 Å². The third kappa shape index (κ3) is 5.63. The molecule has 2 amide bonds. The molecular formula is C25H19ClN2O3S2. The van der Waals surface area contributed by atoms with Crippen LogP contribution in [0.15, 0.2) is 77.7 Å². The van der Waals surface area contributed by atoms with Gasteiger partial charge in [0, 0.05) is 0 Å². The van der Waals surface area contributed by atoms with Crippen LogP contribution in [0.5, 0.6) is 5.75 Å². The molecule has 0 aromatic heterocycles. The van der Waals surface area contributed by atoms with Gasteiger partial charge in [-0.3, -0.25) is 14.5 Å². The molecule has 4 rings (SSSR count). The second-order valence-electron chi connectivity index (χ2n) is 7.24. The zero-order valence-electron chi connectivity index (χ0n) is 17.6. The molecule has 0 bridgehead atoms. The van der Waals surface area contributed by atoms with Crippen molar-refractivity contribution in [2.75, 3.05) is 16.8 Å². The first-order valence-corrected chi connectivity index (χ1v) is 11.6. The van der Waals surface area contributed by atoms with Crippen LogP contribution in [0.1, 0.15) is 11.1 Å². The van der Waals surface area contributed by atoms with E-state index in [9.17, 15) is 9.59 Å². The van der Waals surface area contributed by atoms with Crippen LogP contribution in [-0.2, 0) is 9.59 Å². The second kappa shape index (κ2) is 10.2. The number of thiocarbonyl (C=S) groups is 1. The van der Waals surface area contributed by atoms with Gasteiger partial charge in [-0.1, -0.05) is 77.5 Å². The van der Waals surface area contributed by atoms with Gasteiger partial charge in [0.15, 0.2) is 10.9 Å². The summed E-state index contributed by atoms with van der Waals surface area (Å²) >= 11 is 12.7. The highest BCUT2D eigenvalue weighted by atomic mass is 35.5. The Morgan fingerprint density at radius 2 is 1.88 bits per heavy atom. The molecule has 1 fully saturated rings. The van der Waals surface area contributed by atoms with Crippen LogP contribution in [-0.4, -0.2) is 22.7 Å². The smallest absolute Gasteiger partial charge is 0.270 e. The van der Waals surface area contributed by atoms with E-state index in [1.807, 2.05) is 37.3 Å². The number of benzene rings is 3. The number of hydrogen-bond acceptors (Lipinski definition) is 5. The van der Waals surface area contributed by atoms with Gasteiger partial charge in [0.25, 0.3) is 11.8 Å². The predicted molar refractivity (Wildman–Crippen MR) is 139 cm³/mol. The molecule has 1 saturated heterocycles. The summed E-state index contributed by atoms with van der Waals surface area (Å²) in [7, 11) is 0. The van der Waals surface area contributed by atoms with E-state index in [2.05, 4.69) is 5.32 Å². The monoisotopic (exact) mass is 494 g/mol. The van der Waals surface area contributed by atoms with Crippen molar-refractivity contribution in [2.24, 2.45) is 0 Å². The highest BCUT2D eigenvalue weighted by molar-refractivity contribution is 8.27. The fourth-order valence-electron chi connectivity index (χ4n) is 3.13. The number of anilines is 2. The minimum absolute atomic E-state index is 0.167. The van der Waals surface area contributed by atoms with E-state index in [4.69, 9.17) is 28.6 Å². The zero-order chi connectivity index (χ0) is 23.4. The van der Waals surface area contributed by atoms with Gasteiger partial charge in [-0.05, 0) is 55.0 Å². The third-order valence-electron chi connectivity index (χ3n) is 4.76. The lowest BCUT2D eigenvalue weighted by Gasteiger charge is -2.14. The summed E-state index contributed by atoms with van der Waals surface area (Å²) in [5, 5.41) is 3.17. The number of thioether (sulfide) groups is 1. The van der Waals surface area contributed by atoms with Gasteiger partial charge in [-0.15, -0.1) is 0 Å². The Labute approximate surface area is 206 Å². The van der Waals surface area contributed by atoms with E-state index in [0.717, 1.165) is 16.8 Å². The maximum atomic E-state index is 13.0. The molecule has 3 aromatic carbocycles. The maximum absolute atomic E-state index is 13.0.